The zero-order valence-corrected chi connectivity index (χ0v) is 18.9. The quantitative estimate of drug-likeness (QED) is 0.336. The maximum atomic E-state index is 12.3. The van der Waals surface area contributed by atoms with Gasteiger partial charge in [0, 0.05) is 25.1 Å². The normalized spacial score (nSPS) is 10.8. The average molecular weight is 444 g/mol. The number of ether oxygens (including phenoxy) is 2. The molecule has 6 heteroatoms. The van der Waals surface area contributed by atoms with E-state index in [1.807, 2.05) is 72.8 Å². The van der Waals surface area contributed by atoms with Gasteiger partial charge in [0.1, 0.15) is 17.3 Å². The number of amides is 1. The van der Waals surface area contributed by atoms with Gasteiger partial charge in [-0.2, -0.15) is 0 Å². The molecule has 170 valence electrons. The lowest BCUT2D eigenvalue weighted by Gasteiger charge is -2.11. The van der Waals surface area contributed by atoms with Gasteiger partial charge < -0.3 is 19.4 Å². The first-order valence-electron chi connectivity index (χ1n) is 11.3. The molecule has 0 aliphatic carbocycles. The number of aromatic nitrogens is 2. The fraction of sp³-hybridized carbons (Fsp3) is 0.259. The summed E-state index contributed by atoms with van der Waals surface area (Å²) < 4.78 is 13.3. The van der Waals surface area contributed by atoms with Crippen molar-refractivity contribution in [2.24, 2.45) is 0 Å². The average Bonchev–Trinajstić information content (AvgIpc) is 3.22. The Morgan fingerprint density at radius 1 is 0.909 bits per heavy atom. The summed E-state index contributed by atoms with van der Waals surface area (Å²) in [6.07, 6.45) is 2.58. The summed E-state index contributed by atoms with van der Waals surface area (Å²) in [6.45, 7) is 2.05. The van der Waals surface area contributed by atoms with Crippen molar-refractivity contribution in [3.05, 3.63) is 90.3 Å². The number of carbonyl (C=O) groups excluding carboxylic acids is 1. The molecule has 1 aromatic heterocycles. The largest absolute Gasteiger partial charge is 0.497 e. The number of hydrogen-bond donors (Lipinski definition) is 1. The van der Waals surface area contributed by atoms with Gasteiger partial charge in [-0.3, -0.25) is 4.79 Å². The third-order valence-electron chi connectivity index (χ3n) is 5.51. The van der Waals surface area contributed by atoms with E-state index in [1.165, 1.54) is 0 Å². The highest BCUT2D eigenvalue weighted by Gasteiger charge is 2.11. The molecule has 0 aliphatic rings. The summed E-state index contributed by atoms with van der Waals surface area (Å²) in [7, 11) is 1.65. The zero-order valence-electron chi connectivity index (χ0n) is 18.9. The monoisotopic (exact) mass is 443 g/mol. The van der Waals surface area contributed by atoms with Gasteiger partial charge in [0.2, 0.25) is 0 Å². The lowest BCUT2D eigenvalue weighted by atomic mass is 10.2. The second-order valence-corrected chi connectivity index (χ2v) is 7.77. The predicted molar refractivity (Wildman–Crippen MR) is 130 cm³/mol. The number of carbonyl (C=O) groups is 1. The van der Waals surface area contributed by atoms with Crippen molar-refractivity contribution in [3.63, 3.8) is 0 Å². The Bertz CT molecular complexity index is 1170. The van der Waals surface area contributed by atoms with Gasteiger partial charge in [0.15, 0.2) is 0 Å². The van der Waals surface area contributed by atoms with E-state index in [0.717, 1.165) is 47.7 Å². The molecule has 0 saturated heterocycles. The van der Waals surface area contributed by atoms with Crippen LogP contribution in [0.5, 0.6) is 11.5 Å². The van der Waals surface area contributed by atoms with Gasteiger partial charge >= 0.3 is 0 Å². The van der Waals surface area contributed by atoms with E-state index in [9.17, 15) is 4.79 Å². The number of benzene rings is 3. The summed E-state index contributed by atoms with van der Waals surface area (Å²) in [4.78, 5) is 17.1. The van der Waals surface area contributed by atoms with Gasteiger partial charge in [0.05, 0.1) is 24.8 Å². The standard InChI is InChI=1S/C27H29N3O3/c1-32-22-13-15-23(16-14-22)33-20-8-7-19-30-25-12-6-5-11-24(25)29-26(30)17-18-28-27(31)21-9-3-2-4-10-21/h2-6,9-16H,7-8,17-20H2,1H3,(H,28,31). The van der Waals surface area contributed by atoms with Crippen LogP contribution >= 0.6 is 0 Å². The minimum absolute atomic E-state index is 0.0612. The van der Waals surface area contributed by atoms with Crippen molar-refractivity contribution in [1.29, 1.82) is 0 Å². The molecular formula is C27H29N3O3. The number of hydrogen-bond acceptors (Lipinski definition) is 4. The molecule has 1 amide bonds. The van der Waals surface area contributed by atoms with Crippen LogP contribution in [0.1, 0.15) is 29.0 Å². The van der Waals surface area contributed by atoms with Crippen molar-refractivity contribution in [3.8, 4) is 11.5 Å². The van der Waals surface area contributed by atoms with Crippen LogP contribution in [0.4, 0.5) is 0 Å². The van der Waals surface area contributed by atoms with E-state index in [2.05, 4.69) is 16.0 Å². The second kappa shape index (κ2) is 11.2. The molecule has 0 saturated carbocycles. The van der Waals surface area contributed by atoms with Crippen molar-refractivity contribution in [2.75, 3.05) is 20.3 Å². The molecule has 4 aromatic rings. The molecule has 0 radical (unpaired) electrons. The van der Waals surface area contributed by atoms with Crippen LogP contribution in [0.25, 0.3) is 11.0 Å². The van der Waals surface area contributed by atoms with Gasteiger partial charge in [-0.1, -0.05) is 30.3 Å². The Balaban J connectivity index is 1.31. The van der Waals surface area contributed by atoms with Gasteiger partial charge in [0.25, 0.3) is 5.91 Å². The number of nitrogens with zero attached hydrogens (tertiary/aromatic N) is 2. The van der Waals surface area contributed by atoms with E-state index < -0.39 is 0 Å². The second-order valence-electron chi connectivity index (χ2n) is 7.77. The minimum atomic E-state index is -0.0612. The van der Waals surface area contributed by atoms with E-state index in [-0.39, 0.29) is 5.91 Å². The molecule has 33 heavy (non-hydrogen) atoms. The van der Waals surface area contributed by atoms with Crippen LogP contribution in [-0.2, 0) is 13.0 Å². The number of rotatable bonds is 11. The fourth-order valence-corrected chi connectivity index (χ4v) is 3.78. The van der Waals surface area contributed by atoms with E-state index in [4.69, 9.17) is 14.5 Å². The summed E-state index contributed by atoms with van der Waals surface area (Å²) in [6, 6.07) is 25.1. The summed E-state index contributed by atoms with van der Waals surface area (Å²) in [5, 5.41) is 3.00. The third-order valence-corrected chi connectivity index (χ3v) is 5.51. The number of fused-ring (bicyclic) bond motifs is 1. The molecule has 0 bridgehead atoms. The van der Waals surface area contributed by atoms with Crippen LogP contribution in [0.15, 0.2) is 78.9 Å². The summed E-state index contributed by atoms with van der Waals surface area (Å²) in [5.74, 6) is 2.59. The van der Waals surface area contributed by atoms with Crippen molar-refractivity contribution < 1.29 is 14.3 Å². The molecule has 0 fully saturated rings. The van der Waals surface area contributed by atoms with Crippen LogP contribution < -0.4 is 14.8 Å². The number of aryl methyl sites for hydroxylation is 1. The first-order valence-corrected chi connectivity index (χ1v) is 11.3. The highest BCUT2D eigenvalue weighted by atomic mass is 16.5. The zero-order chi connectivity index (χ0) is 22.9. The maximum Gasteiger partial charge on any atom is 0.251 e. The highest BCUT2D eigenvalue weighted by Crippen LogP contribution is 2.19. The number of methoxy groups -OCH3 is 1. The SMILES string of the molecule is COc1ccc(OCCCCn2c(CCNC(=O)c3ccccc3)nc3ccccc32)cc1. The first kappa shape index (κ1) is 22.4. The van der Waals surface area contributed by atoms with E-state index >= 15 is 0 Å². The molecular weight excluding hydrogens is 414 g/mol. The van der Waals surface area contributed by atoms with E-state index in [0.29, 0.717) is 25.1 Å². The van der Waals surface area contributed by atoms with Gasteiger partial charge in [-0.15, -0.1) is 0 Å². The van der Waals surface area contributed by atoms with Crippen LogP contribution in [0.3, 0.4) is 0 Å². The molecule has 0 spiro atoms. The van der Waals surface area contributed by atoms with Gasteiger partial charge in [-0.05, 0) is 61.4 Å². The molecule has 1 heterocycles. The Labute approximate surface area is 194 Å². The van der Waals surface area contributed by atoms with E-state index in [1.54, 1.807) is 7.11 Å². The Kier molecular flexibility index (Phi) is 7.59. The number of nitrogens with one attached hydrogen (secondary N) is 1. The first-order chi connectivity index (χ1) is 16.2. The molecule has 3 aromatic carbocycles. The number of imidazole rings is 1. The summed E-state index contributed by atoms with van der Waals surface area (Å²) in [5.41, 5.74) is 2.78. The number of para-hydroxylation sites is 2. The molecule has 0 aliphatic heterocycles. The molecule has 6 nitrogen and oxygen atoms in total. The van der Waals surface area contributed by atoms with Crippen molar-refractivity contribution in [1.82, 2.24) is 14.9 Å². The molecule has 4 rings (SSSR count). The maximum absolute atomic E-state index is 12.3. The third kappa shape index (κ3) is 5.92. The van der Waals surface area contributed by atoms with Crippen molar-refractivity contribution >= 4 is 16.9 Å². The molecule has 1 N–H and O–H groups in total. The summed E-state index contributed by atoms with van der Waals surface area (Å²) >= 11 is 0. The smallest absolute Gasteiger partial charge is 0.251 e. The predicted octanol–water partition coefficient (Wildman–Crippen LogP) is 4.88. The molecule has 0 atom stereocenters. The Morgan fingerprint density at radius 3 is 2.42 bits per heavy atom. The van der Waals surface area contributed by atoms with Crippen LogP contribution in [0, 0.1) is 0 Å². The van der Waals surface area contributed by atoms with Crippen LogP contribution in [-0.4, -0.2) is 35.7 Å². The molecule has 0 unspecified atom stereocenters. The fourth-order valence-electron chi connectivity index (χ4n) is 3.78. The Morgan fingerprint density at radius 2 is 1.64 bits per heavy atom. The van der Waals surface area contributed by atoms with Crippen molar-refractivity contribution in [2.45, 2.75) is 25.8 Å². The topological polar surface area (TPSA) is 65.4 Å². The lowest BCUT2D eigenvalue weighted by molar-refractivity contribution is 0.0954. The highest BCUT2D eigenvalue weighted by molar-refractivity contribution is 5.94. The van der Waals surface area contributed by atoms with Crippen LogP contribution in [0.2, 0.25) is 0 Å². The number of unbranched alkanes of at least 4 members (excludes halogenated alkanes) is 1. The van der Waals surface area contributed by atoms with Gasteiger partial charge in [-0.25, -0.2) is 4.98 Å². The Hall–Kier alpha value is -3.80. The lowest BCUT2D eigenvalue weighted by Crippen LogP contribution is -2.26. The minimum Gasteiger partial charge on any atom is -0.497 e.